The third kappa shape index (κ3) is 4.33. The van der Waals surface area contributed by atoms with E-state index < -0.39 is 0 Å². The molecule has 2 aromatic rings. The number of aromatic nitrogens is 1. The van der Waals surface area contributed by atoms with Gasteiger partial charge in [0, 0.05) is 28.6 Å². The number of nitrogens with one attached hydrogen (secondary N) is 1. The molecule has 0 spiro atoms. The minimum absolute atomic E-state index is 0.0717. The summed E-state index contributed by atoms with van der Waals surface area (Å²) >= 11 is 7.43. The van der Waals surface area contributed by atoms with Gasteiger partial charge in [0.25, 0.3) is 0 Å². The molecule has 128 valence electrons. The first kappa shape index (κ1) is 17.8. The molecule has 1 aromatic carbocycles. The Morgan fingerprint density at radius 1 is 1.40 bits per heavy atom. The molecule has 0 saturated heterocycles. The van der Waals surface area contributed by atoms with Crippen LogP contribution in [0.15, 0.2) is 29.3 Å². The number of carbonyl (C=O) groups excluding carboxylic acids is 1. The molecule has 4 nitrogen and oxygen atoms in total. The topological polar surface area (TPSA) is 65.8 Å². The van der Waals surface area contributed by atoms with E-state index in [0.717, 1.165) is 41.2 Å². The number of fused-ring (bicyclic) bond motifs is 1. The number of nitrogens with zero attached hydrogens (tertiary/aromatic N) is 2. The zero-order valence-corrected chi connectivity index (χ0v) is 15.5. The average molecular weight is 372 g/mol. The fourth-order valence-electron chi connectivity index (χ4n) is 2.83. The molecule has 1 amide bonds. The smallest absolute Gasteiger partial charge is 0.225 e. The number of aryl methyl sites for hydroxylation is 3. The maximum Gasteiger partial charge on any atom is 0.225 e. The summed E-state index contributed by atoms with van der Waals surface area (Å²) in [6.07, 6.45) is 3.43. The second-order valence-corrected chi connectivity index (χ2v) is 7.54. The van der Waals surface area contributed by atoms with E-state index in [-0.39, 0.29) is 5.91 Å². The van der Waals surface area contributed by atoms with Gasteiger partial charge in [-0.1, -0.05) is 17.7 Å². The standard InChI is InChI=1S/C19H18ClN3OS/c1-12-5-6-15(20)10-17(12)22-18(24)7-8-25-19-14(11-21)9-13-3-2-4-16(13)23-19/h5-6,9-10H,2-4,7-8H2,1H3,(H,22,24). The van der Waals surface area contributed by atoms with Gasteiger partial charge < -0.3 is 5.32 Å². The number of anilines is 1. The van der Waals surface area contributed by atoms with Crippen molar-refractivity contribution < 1.29 is 4.79 Å². The van der Waals surface area contributed by atoms with Crippen LogP contribution in [0.2, 0.25) is 5.02 Å². The summed E-state index contributed by atoms with van der Waals surface area (Å²) in [5.41, 5.74) is 4.60. The summed E-state index contributed by atoms with van der Waals surface area (Å²) in [6.45, 7) is 1.92. The van der Waals surface area contributed by atoms with Crippen LogP contribution in [0.3, 0.4) is 0 Å². The number of nitriles is 1. The number of hydrogen-bond donors (Lipinski definition) is 1. The van der Waals surface area contributed by atoms with Crippen LogP contribution < -0.4 is 5.32 Å². The lowest BCUT2D eigenvalue weighted by atomic mass is 10.2. The van der Waals surface area contributed by atoms with Crippen LogP contribution in [-0.2, 0) is 17.6 Å². The lowest BCUT2D eigenvalue weighted by molar-refractivity contribution is -0.115. The summed E-state index contributed by atoms with van der Waals surface area (Å²) < 4.78 is 0. The molecular weight excluding hydrogens is 354 g/mol. The van der Waals surface area contributed by atoms with Crippen LogP contribution >= 0.6 is 23.4 Å². The minimum atomic E-state index is -0.0717. The highest BCUT2D eigenvalue weighted by Crippen LogP contribution is 2.28. The highest BCUT2D eigenvalue weighted by molar-refractivity contribution is 7.99. The van der Waals surface area contributed by atoms with Crippen LogP contribution in [-0.4, -0.2) is 16.6 Å². The Kier molecular flexibility index (Phi) is 5.62. The second-order valence-electron chi connectivity index (χ2n) is 6.02. The fraction of sp³-hybridized carbons (Fsp3) is 0.316. The van der Waals surface area contributed by atoms with E-state index >= 15 is 0 Å². The van der Waals surface area contributed by atoms with Crippen LogP contribution in [0.1, 0.15) is 35.2 Å². The first-order chi connectivity index (χ1) is 12.1. The van der Waals surface area contributed by atoms with Crippen LogP contribution in [0, 0.1) is 18.3 Å². The Hall–Kier alpha value is -2.03. The maximum absolute atomic E-state index is 12.2. The van der Waals surface area contributed by atoms with Gasteiger partial charge in [0.15, 0.2) is 0 Å². The van der Waals surface area contributed by atoms with E-state index in [2.05, 4.69) is 16.4 Å². The van der Waals surface area contributed by atoms with Crippen molar-refractivity contribution in [2.24, 2.45) is 0 Å². The van der Waals surface area contributed by atoms with E-state index in [0.29, 0.717) is 22.8 Å². The van der Waals surface area contributed by atoms with Gasteiger partial charge in [0.2, 0.25) is 5.91 Å². The molecule has 0 radical (unpaired) electrons. The summed E-state index contributed by atoms with van der Waals surface area (Å²) in [4.78, 5) is 16.8. The number of carbonyl (C=O) groups is 1. The molecule has 25 heavy (non-hydrogen) atoms. The van der Waals surface area contributed by atoms with Gasteiger partial charge in [0.1, 0.15) is 11.1 Å². The fourth-order valence-corrected chi connectivity index (χ4v) is 3.91. The number of amides is 1. The number of hydrogen-bond acceptors (Lipinski definition) is 4. The third-order valence-electron chi connectivity index (χ3n) is 4.18. The Balaban J connectivity index is 1.59. The van der Waals surface area contributed by atoms with Crippen molar-refractivity contribution in [1.82, 2.24) is 4.98 Å². The van der Waals surface area contributed by atoms with Crippen LogP contribution in [0.25, 0.3) is 0 Å². The molecule has 1 N–H and O–H groups in total. The lowest BCUT2D eigenvalue weighted by Gasteiger charge is -2.09. The molecule has 1 aromatic heterocycles. The molecule has 1 aliphatic carbocycles. The van der Waals surface area contributed by atoms with Gasteiger partial charge in [-0.2, -0.15) is 5.26 Å². The number of thioether (sulfide) groups is 1. The van der Waals surface area contributed by atoms with E-state index in [1.54, 1.807) is 12.1 Å². The molecule has 0 saturated carbocycles. The molecule has 1 aliphatic rings. The summed E-state index contributed by atoms with van der Waals surface area (Å²) in [5.74, 6) is 0.504. The Morgan fingerprint density at radius 3 is 3.04 bits per heavy atom. The van der Waals surface area contributed by atoms with Crippen molar-refractivity contribution in [3.63, 3.8) is 0 Å². The summed E-state index contributed by atoms with van der Waals surface area (Å²) in [7, 11) is 0. The summed E-state index contributed by atoms with van der Waals surface area (Å²) in [5, 5.41) is 13.5. The molecule has 3 rings (SSSR count). The van der Waals surface area contributed by atoms with E-state index in [1.807, 2.05) is 19.1 Å². The van der Waals surface area contributed by atoms with Crippen LogP contribution in [0.4, 0.5) is 5.69 Å². The monoisotopic (exact) mass is 371 g/mol. The van der Waals surface area contributed by atoms with Gasteiger partial charge in [-0.05, 0) is 55.5 Å². The SMILES string of the molecule is Cc1ccc(Cl)cc1NC(=O)CCSc1nc2c(cc1C#N)CCC2. The Morgan fingerprint density at radius 2 is 2.24 bits per heavy atom. The average Bonchev–Trinajstić information content (AvgIpc) is 3.04. The molecule has 0 aliphatic heterocycles. The van der Waals surface area contributed by atoms with Gasteiger partial charge in [-0.25, -0.2) is 4.98 Å². The normalized spacial score (nSPS) is 12.5. The first-order valence-electron chi connectivity index (χ1n) is 8.18. The highest BCUT2D eigenvalue weighted by Gasteiger charge is 2.17. The van der Waals surface area contributed by atoms with Crippen molar-refractivity contribution in [2.75, 3.05) is 11.1 Å². The minimum Gasteiger partial charge on any atom is -0.326 e. The molecular formula is C19H18ClN3OS. The zero-order chi connectivity index (χ0) is 17.8. The van der Waals surface area contributed by atoms with Gasteiger partial charge in [-0.3, -0.25) is 4.79 Å². The van der Waals surface area contributed by atoms with E-state index in [4.69, 9.17) is 11.6 Å². The molecule has 6 heteroatoms. The van der Waals surface area contributed by atoms with Crippen molar-refractivity contribution in [3.8, 4) is 6.07 Å². The van der Waals surface area contributed by atoms with Crippen molar-refractivity contribution in [3.05, 3.63) is 51.7 Å². The number of pyridine rings is 1. The molecule has 1 heterocycles. The third-order valence-corrected chi connectivity index (χ3v) is 5.41. The number of rotatable bonds is 5. The van der Waals surface area contributed by atoms with E-state index in [1.165, 1.54) is 17.3 Å². The Labute approximate surface area is 156 Å². The van der Waals surface area contributed by atoms with Crippen LogP contribution in [0.5, 0.6) is 0 Å². The second kappa shape index (κ2) is 7.90. The van der Waals surface area contributed by atoms with Gasteiger partial charge in [0.05, 0.1) is 5.56 Å². The van der Waals surface area contributed by atoms with Gasteiger partial charge >= 0.3 is 0 Å². The van der Waals surface area contributed by atoms with Crippen molar-refractivity contribution in [2.45, 2.75) is 37.6 Å². The quantitative estimate of drug-likeness (QED) is 0.784. The molecule has 0 atom stereocenters. The first-order valence-corrected chi connectivity index (χ1v) is 9.55. The lowest BCUT2D eigenvalue weighted by Crippen LogP contribution is -2.13. The maximum atomic E-state index is 12.2. The van der Waals surface area contributed by atoms with Gasteiger partial charge in [-0.15, -0.1) is 11.8 Å². The predicted octanol–water partition coefficient (Wildman–Crippen LogP) is 4.52. The molecule has 0 fully saturated rings. The summed E-state index contributed by atoms with van der Waals surface area (Å²) in [6, 6.07) is 9.59. The zero-order valence-electron chi connectivity index (χ0n) is 13.9. The largest absolute Gasteiger partial charge is 0.326 e. The molecule has 0 unspecified atom stereocenters. The Bertz CT molecular complexity index is 860. The number of halogens is 1. The van der Waals surface area contributed by atoms with E-state index in [9.17, 15) is 10.1 Å². The highest BCUT2D eigenvalue weighted by atomic mass is 35.5. The van der Waals surface area contributed by atoms with Crippen molar-refractivity contribution in [1.29, 1.82) is 5.26 Å². The predicted molar refractivity (Wildman–Crippen MR) is 101 cm³/mol. The number of benzene rings is 1. The molecule has 0 bridgehead atoms. The van der Waals surface area contributed by atoms with Crippen molar-refractivity contribution >= 4 is 35.0 Å².